The molecule has 1 fully saturated rings. The number of tetrazole rings is 1. The van der Waals surface area contributed by atoms with Crippen molar-refractivity contribution in [3.8, 4) is 0 Å². The highest BCUT2D eigenvalue weighted by Gasteiger charge is 2.54. The number of halogens is 1. The summed E-state index contributed by atoms with van der Waals surface area (Å²) in [5.41, 5.74) is 6.29. The van der Waals surface area contributed by atoms with Gasteiger partial charge in [0.25, 0.3) is 17.7 Å². The van der Waals surface area contributed by atoms with Crippen LogP contribution in [-0.2, 0) is 31.1 Å². The smallest absolute Gasteiger partial charge is 0.352 e. The molecule has 2 aliphatic heterocycles. The van der Waals surface area contributed by atoms with Crippen molar-refractivity contribution in [1.29, 1.82) is 0 Å². The van der Waals surface area contributed by atoms with Crippen LogP contribution in [0.15, 0.2) is 51.2 Å². The number of thioether (sulfide) groups is 2. The van der Waals surface area contributed by atoms with Crippen molar-refractivity contribution in [2.45, 2.75) is 16.6 Å². The van der Waals surface area contributed by atoms with Crippen LogP contribution in [0.1, 0.15) is 5.69 Å². The molecule has 20 heteroatoms. The number of aliphatic carboxylic acids is 1. The highest BCUT2D eigenvalue weighted by atomic mass is 35.5. The molecule has 5 N–H and O–H groups in total. The second kappa shape index (κ2) is 13.0. The zero-order valence-electron chi connectivity index (χ0n) is 22.0. The summed E-state index contributed by atoms with van der Waals surface area (Å²) in [5.74, 6) is -2.71. The Morgan fingerprint density at radius 2 is 2.16 bits per heavy atom. The second-order valence-corrected chi connectivity index (χ2v) is 12.2. The quantitative estimate of drug-likeness (QED) is 0.0965. The predicted octanol–water partition coefficient (Wildman–Crippen LogP) is 0.793. The number of oxime groups is 1. The van der Waals surface area contributed by atoms with Crippen LogP contribution in [0.5, 0.6) is 0 Å². The van der Waals surface area contributed by atoms with Crippen LogP contribution in [-0.4, -0.2) is 94.1 Å². The van der Waals surface area contributed by atoms with Crippen LogP contribution in [0.25, 0.3) is 0 Å². The van der Waals surface area contributed by atoms with Gasteiger partial charge >= 0.3 is 5.97 Å². The minimum atomic E-state index is -1.26. The second-order valence-electron chi connectivity index (χ2n) is 8.83. The number of aryl methyl sites for hydroxylation is 1. The molecule has 4 heterocycles. The Bertz CT molecular complexity index is 1660. The van der Waals surface area contributed by atoms with E-state index >= 15 is 0 Å². The van der Waals surface area contributed by atoms with Crippen molar-refractivity contribution in [2.75, 3.05) is 29.2 Å². The molecule has 5 rings (SSSR count). The maximum atomic E-state index is 13.3. The fourth-order valence-electron chi connectivity index (χ4n) is 4.02. The molecule has 2 aromatic heterocycles. The van der Waals surface area contributed by atoms with Crippen LogP contribution in [0.3, 0.4) is 0 Å². The van der Waals surface area contributed by atoms with Gasteiger partial charge < -0.3 is 26.3 Å². The molecule has 3 amide bonds. The third kappa shape index (κ3) is 6.74. The normalized spacial score (nSPS) is 18.1. The molecule has 2 aliphatic rings. The van der Waals surface area contributed by atoms with E-state index in [1.165, 1.54) is 33.6 Å². The van der Waals surface area contributed by atoms with Gasteiger partial charge in [-0.2, -0.15) is 0 Å². The zero-order valence-corrected chi connectivity index (χ0v) is 25.2. The number of anilines is 2. The Hall–Kier alpha value is -4.20. The number of β-lactam (4-membered cyclic amide) rings is 1. The van der Waals surface area contributed by atoms with Gasteiger partial charge in [-0.15, -0.1) is 28.2 Å². The highest BCUT2D eigenvalue weighted by Crippen LogP contribution is 2.41. The molecular formula is C23H21ClN10O6S3. The number of carbonyl (C=O) groups is 4. The molecule has 1 unspecified atom stereocenters. The number of carboxylic acid groups (broad SMARTS) is 1. The average Bonchev–Trinajstić information content (AvgIpc) is 3.59. The van der Waals surface area contributed by atoms with Crippen LogP contribution in [0, 0.1) is 0 Å². The van der Waals surface area contributed by atoms with E-state index in [-0.39, 0.29) is 28.0 Å². The van der Waals surface area contributed by atoms with Crippen molar-refractivity contribution in [2.24, 2.45) is 12.2 Å². The molecule has 16 nitrogen and oxygen atoms in total. The van der Waals surface area contributed by atoms with Crippen LogP contribution in [0.4, 0.5) is 10.8 Å². The first-order chi connectivity index (χ1) is 20.6. The molecule has 0 aliphatic carbocycles. The lowest BCUT2D eigenvalue weighted by Gasteiger charge is -2.49. The van der Waals surface area contributed by atoms with Gasteiger partial charge in [-0.1, -0.05) is 34.6 Å². The number of benzene rings is 1. The minimum absolute atomic E-state index is 0.0684. The molecule has 0 radical (unpaired) electrons. The van der Waals surface area contributed by atoms with Crippen molar-refractivity contribution >= 4 is 86.7 Å². The fraction of sp³-hybridized carbons (Fsp3) is 0.261. The van der Waals surface area contributed by atoms with Crippen molar-refractivity contribution < 1.29 is 29.1 Å². The number of fused-ring (bicyclic) bond motifs is 1. The zero-order chi connectivity index (χ0) is 30.7. The number of nitrogens with two attached hydrogens (primary N) is 1. The number of carbonyl (C=O) groups excluding carboxylic acids is 3. The number of amides is 3. The number of hydrogen-bond donors (Lipinski definition) is 4. The van der Waals surface area contributed by atoms with E-state index in [1.54, 1.807) is 31.3 Å². The SMILES string of the molecule is Cn1nnnc1SCC1=C(C(=O)O)N2C(=O)C(NC(=O)C(=NOCC(=O)Nc3cccc(Cl)c3)c3csc(N)n3)[C@H]2SC1. The molecule has 0 saturated carbocycles. The predicted molar refractivity (Wildman–Crippen MR) is 158 cm³/mol. The Labute approximate surface area is 260 Å². The lowest BCUT2D eigenvalue weighted by atomic mass is 10.0. The standard InChI is InChI=1S/C23H21ClN10O6S3/c1-33-23(29-31-32-33)43-8-10-7-41-20-16(19(37)34(20)17(10)21(38)39)28-18(36)15(13-9-42-22(25)27-13)30-40-6-14(35)26-12-4-2-3-11(24)5-12/h2-5,9,16,20H,6-8H2,1H3,(H2,25,27)(H,26,35)(H,28,36)(H,38,39)/t16?,20-/m1/s1. The summed E-state index contributed by atoms with van der Waals surface area (Å²) in [4.78, 5) is 61.2. The summed E-state index contributed by atoms with van der Waals surface area (Å²) in [7, 11) is 1.66. The maximum Gasteiger partial charge on any atom is 0.352 e. The van der Waals surface area contributed by atoms with E-state index in [4.69, 9.17) is 22.2 Å². The number of nitrogens with zero attached hydrogens (tertiary/aromatic N) is 7. The van der Waals surface area contributed by atoms with Gasteiger partial charge in [-0.05, 0) is 34.2 Å². The Kier molecular flexibility index (Phi) is 9.14. The first kappa shape index (κ1) is 30.3. The van der Waals surface area contributed by atoms with E-state index in [2.05, 4.69) is 36.3 Å². The summed E-state index contributed by atoms with van der Waals surface area (Å²) in [5, 5.41) is 31.9. The third-order valence-electron chi connectivity index (χ3n) is 5.93. The first-order valence-electron chi connectivity index (χ1n) is 12.1. The van der Waals surface area contributed by atoms with Gasteiger partial charge in [0.05, 0.1) is 0 Å². The summed E-state index contributed by atoms with van der Waals surface area (Å²) < 4.78 is 1.45. The van der Waals surface area contributed by atoms with Crippen molar-refractivity contribution in [1.82, 2.24) is 35.4 Å². The van der Waals surface area contributed by atoms with Gasteiger partial charge in [0.2, 0.25) is 5.16 Å². The maximum absolute atomic E-state index is 13.3. The van der Waals surface area contributed by atoms with E-state index in [1.807, 2.05) is 0 Å². The molecule has 3 aromatic rings. The van der Waals surface area contributed by atoms with Crippen LogP contribution in [0.2, 0.25) is 5.02 Å². The topological polar surface area (TPSA) is 220 Å². The number of carboxylic acids is 1. The molecule has 0 spiro atoms. The van der Waals surface area contributed by atoms with E-state index in [0.717, 1.165) is 16.2 Å². The lowest BCUT2D eigenvalue weighted by molar-refractivity contribution is -0.150. The fourth-order valence-corrected chi connectivity index (χ4v) is 7.09. The minimum Gasteiger partial charge on any atom is -0.477 e. The summed E-state index contributed by atoms with van der Waals surface area (Å²) >= 11 is 9.52. The largest absolute Gasteiger partial charge is 0.477 e. The van der Waals surface area contributed by atoms with Gasteiger partial charge in [0.1, 0.15) is 22.8 Å². The molecule has 1 aromatic carbocycles. The summed E-state index contributed by atoms with van der Waals surface area (Å²) in [6, 6.07) is 5.44. The van der Waals surface area contributed by atoms with E-state index in [0.29, 0.717) is 27.2 Å². The number of hydrogen-bond acceptors (Lipinski definition) is 14. The number of nitrogen functional groups attached to an aromatic ring is 1. The monoisotopic (exact) mass is 664 g/mol. The summed E-state index contributed by atoms with van der Waals surface area (Å²) in [6.45, 7) is -0.546. The van der Waals surface area contributed by atoms with Gasteiger partial charge in [0.15, 0.2) is 17.5 Å². The Balaban J connectivity index is 1.26. The number of nitrogens with one attached hydrogen (secondary N) is 2. The Morgan fingerprint density at radius 1 is 1.35 bits per heavy atom. The van der Waals surface area contributed by atoms with Crippen LogP contribution < -0.4 is 16.4 Å². The molecule has 43 heavy (non-hydrogen) atoms. The summed E-state index contributed by atoms with van der Waals surface area (Å²) in [6.07, 6.45) is 0. The number of aromatic nitrogens is 5. The first-order valence-corrected chi connectivity index (χ1v) is 15.4. The van der Waals surface area contributed by atoms with Crippen molar-refractivity contribution in [3.05, 3.63) is 51.6 Å². The van der Waals surface area contributed by atoms with Gasteiger partial charge in [-0.3, -0.25) is 19.3 Å². The van der Waals surface area contributed by atoms with E-state index < -0.39 is 41.7 Å². The van der Waals surface area contributed by atoms with Gasteiger partial charge in [0, 0.05) is 34.6 Å². The third-order valence-corrected chi connectivity index (χ3v) is 9.28. The highest BCUT2D eigenvalue weighted by molar-refractivity contribution is 8.01. The molecule has 224 valence electrons. The van der Waals surface area contributed by atoms with E-state index in [9.17, 15) is 24.3 Å². The lowest BCUT2D eigenvalue weighted by Crippen LogP contribution is -2.71. The molecular weight excluding hydrogens is 644 g/mol. The average molecular weight is 665 g/mol. The number of rotatable bonds is 11. The van der Waals surface area contributed by atoms with Gasteiger partial charge in [-0.25, -0.2) is 14.5 Å². The van der Waals surface area contributed by atoms with Crippen molar-refractivity contribution in [3.63, 3.8) is 0 Å². The molecule has 0 bridgehead atoms. The number of thiazole rings is 1. The molecule has 2 atom stereocenters. The Morgan fingerprint density at radius 3 is 2.84 bits per heavy atom. The molecule has 1 saturated heterocycles. The van der Waals surface area contributed by atoms with Crippen LogP contribution >= 0.6 is 46.5 Å².